The lowest BCUT2D eigenvalue weighted by molar-refractivity contribution is -0.384. The summed E-state index contributed by atoms with van der Waals surface area (Å²) in [5, 5.41) is 12.1. The lowest BCUT2D eigenvalue weighted by Crippen LogP contribution is -2.33. The van der Waals surface area contributed by atoms with Crippen LogP contribution in [0.2, 0.25) is 0 Å². The highest BCUT2D eigenvalue weighted by Crippen LogP contribution is 2.26. The molecular weight excluding hydrogens is 418 g/mol. The number of amides is 1. The van der Waals surface area contributed by atoms with Crippen molar-refractivity contribution in [2.75, 3.05) is 4.90 Å². The van der Waals surface area contributed by atoms with Gasteiger partial charge in [-0.1, -0.05) is 42.0 Å². The number of carbonyl (C=O) groups is 1. The van der Waals surface area contributed by atoms with Gasteiger partial charge >= 0.3 is 0 Å². The highest BCUT2D eigenvalue weighted by Gasteiger charge is 2.23. The monoisotopic (exact) mass is 441 g/mol. The van der Waals surface area contributed by atoms with E-state index >= 15 is 0 Å². The van der Waals surface area contributed by atoms with Crippen LogP contribution in [-0.2, 0) is 6.54 Å². The molecule has 0 saturated heterocycles. The summed E-state index contributed by atoms with van der Waals surface area (Å²) in [4.78, 5) is 41.6. The predicted octanol–water partition coefficient (Wildman–Crippen LogP) is 5.21. The van der Waals surface area contributed by atoms with E-state index in [1.54, 1.807) is 12.1 Å². The summed E-state index contributed by atoms with van der Waals surface area (Å²) in [5.41, 5.74) is 4.41. The molecule has 33 heavy (non-hydrogen) atoms. The maximum atomic E-state index is 13.6. The second-order valence-corrected chi connectivity index (χ2v) is 8.15. The van der Waals surface area contributed by atoms with Gasteiger partial charge in [0.1, 0.15) is 0 Å². The SMILES string of the molecule is Cc1ccc(N(Cc2cc3cccc(C)c3[nH]c2=O)C(=O)c2cccc([N+](=O)[O-])c2)c(C)c1. The number of aromatic amines is 1. The number of rotatable bonds is 5. The van der Waals surface area contributed by atoms with Crippen LogP contribution < -0.4 is 10.5 Å². The summed E-state index contributed by atoms with van der Waals surface area (Å²) < 4.78 is 0. The normalized spacial score (nSPS) is 10.9. The first-order chi connectivity index (χ1) is 15.7. The van der Waals surface area contributed by atoms with Crippen LogP contribution in [0.3, 0.4) is 0 Å². The van der Waals surface area contributed by atoms with Crippen LogP contribution in [0, 0.1) is 30.9 Å². The number of nitrogens with one attached hydrogen (secondary N) is 1. The van der Waals surface area contributed by atoms with Crippen LogP contribution in [0.1, 0.15) is 32.6 Å². The minimum atomic E-state index is -0.533. The van der Waals surface area contributed by atoms with Gasteiger partial charge < -0.3 is 9.88 Å². The summed E-state index contributed by atoms with van der Waals surface area (Å²) in [6.07, 6.45) is 0. The third-order valence-corrected chi connectivity index (χ3v) is 5.69. The number of hydrogen-bond acceptors (Lipinski definition) is 4. The number of nitro groups is 1. The van der Waals surface area contributed by atoms with Crippen molar-refractivity contribution in [1.82, 2.24) is 4.98 Å². The number of nitrogens with zero attached hydrogens (tertiary/aromatic N) is 2. The van der Waals surface area contributed by atoms with E-state index in [0.717, 1.165) is 27.6 Å². The Kier molecular flexibility index (Phi) is 5.79. The molecule has 0 fully saturated rings. The lowest BCUT2D eigenvalue weighted by atomic mass is 10.1. The average Bonchev–Trinajstić information content (AvgIpc) is 2.78. The molecule has 0 aliphatic heterocycles. The fraction of sp³-hybridized carbons (Fsp3) is 0.154. The number of nitro benzene ring substituents is 1. The number of aromatic nitrogens is 1. The molecule has 0 radical (unpaired) electrons. The highest BCUT2D eigenvalue weighted by molar-refractivity contribution is 6.06. The maximum Gasteiger partial charge on any atom is 0.270 e. The molecule has 1 amide bonds. The lowest BCUT2D eigenvalue weighted by Gasteiger charge is -2.25. The Bertz CT molecular complexity index is 1460. The number of benzene rings is 3. The van der Waals surface area contributed by atoms with E-state index in [4.69, 9.17) is 0 Å². The molecule has 3 aromatic carbocycles. The van der Waals surface area contributed by atoms with Crippen molar-refractivity contribution in [2.45, 2.75) is 27.3 Å². The molecule has 4 aromatic rings. The summed E-state index contributed by atoms with van der Waals surface area (Å²) in [6.45, 7) is 5.79. The van der Waals surface area contributed by atoms with Gasteiger partial charge in [-0.3, -0.25) is 19.7 Å². The fourth-order valence-corrected chi connectivity index (χ4v) is 4.00. The van der Waals surface area contributed by atoms with Gasteiger partial charge in [0.25, 0.3) is 17.2 Å². The van der Waals surface area contributed by atoms with Gasteiger partial charge in [-0.25, -0.2) is 0 Å². The molecule has 1 aromatic heterocycles. The molecule has 4 rings (SSSR count). The first-order valence-corrected chi connectivity index (χ1v) is 10.5. The topological polar surface area (TPSA) is 96.3 Å². The van der Waals surface area contributed by atoms with Gasteiger partial charge in [0.2, 0.25) is 0 Å². The van der Waals surface area contributed by atoms with Crippen molar-refractivity contribution in [3.8, 4) is 0 Å². The quantitative estimate of drug-likeness (QED) is 0.340. The second kappa shape index (κ2) is 8.70. The Morgan fingerprint density at radius 3 is 2.45 bits per heavy atom. The zero-order chi connectivity index (χ0) is 23.7. The van der Waals surface area contributed by atoms with E-state index in [9.17, 15) is 19.7 Å². The summed E-state index contributed by atoms with van der Waals surface area (Å²) >= 11 is 0. The standard InChI is InChI=1S/C26H23N3O4/c1-16-10-11-23(18(3)12-16)28(26(31)20-8-5-9-22(14-20)29(32)33)15-21-13-19-7-4-6-17(2)24(19)27-25(21)30/h4-14H,15H2,1-3H3,(H,27,30). The van der Waals surface area contributed by atoms with Crippen molar-refractivity contribution < 1.29 is 9.72 Å². The molecule has 0 unspecified atom stereocenters. The Balaban J connectivity index is 1.83. The molecule has 166 valence electrons. The zero-order valence-electron chi connectivity index (χ0n) is 18.6. The number of para-hydroxylation sites is 1. The molecule has 1 heterocycles. The van der Waals surface area contributed by atoms with E-state index in [0.29, 0.717) is 11.3 Å². The van der Waals surface area contributed by atoms with E-state index in [1.807, 2.05) is 57.2 Å². The largest absolute Gasteiger partial charge is 0.321 e. The van der Waals surface area contributed by atoms with Crippen LogP contribution >= 0.6 is 0 Å². The fourth-order valence-electron chi connectivity index (χ4n) is 4.00. The van der Waals surface area contributed by atoms with E-state index in [2.05, 4.69) is 4.98 Å². The van der Waals surface area contributed by atoms with Crippen LogP contribution in [0.25, 0.3) is 10.9 Å². The zero-order valence-corrected chi connectivity index (χ0v) is 18.6. The molecule has 7 nitrogen and oxygen atoms in total. The molecule has 0 aliphatic carbocycles. The molecule has 0 atom stereocenters. The average molecular weight is 441 g/mol. The number of aryl methyl sites for hydroxylation is 3. The Morgan fingerprint density at radius 1 is 0.970 bits per heavy atom. The summed E-state index contributed by atoms with van der Waals surface area (Å²) in [5.74, 6) is -0.422. The molecule has 0 aliphatic rings. The van der Waals surface area contributed by atoms with Crippen molar-refractivity contribution in [1.29, 1.82) is 0 Å². The minimum Gasteiger partial charge on any atom is -0.321 e. The van der Waals surface area contributed by atoms with Crippen LogP contribution in [0.4, 0.5) is 11.4 Å². The third-order valence-electron chi connectivity index (χ3n) is 5.69. The Hall–Kier alpha value is -4.26. The smallest absolute Gasteiger partial charge is 0.270 e. The number of anilines is 1. The van der Waals surface area contributed by atoms with Crippen LogP contribution in [-0.4, -0.2) is 15.8 Å². The van der Waals surface area contributed by atoms with Gasteiger partial charge in [-0.2, -0.15) is 0 Å². The van der Waals surface area contributed by atoms with Crippen molar-refractivity contribution in [3.63, 3.8) is 0 Å². The number of non-ortho nitro benzene ring substituents is 1. The first kappa shape index (κ1) is 22.0. The van der Waals surface area contributed by atoms with Crippen LogP contribution in [0.5, 0.6) is 0 Å². The summed E-state index contributed by atoms with van der Waals surface area (Å²) in [7, 11) is 0. The molecule has 0 bridgehead atoms. The van der Waals surface area contributed by atoms with Gasteiger partial charge in [0, 0.05) is 28.9 Å². The first-order valence-electron chi connectivity index (χ1n) is 10.5. The highest BCUT2D eigenvalue weighted by atomic mass is 16.6. The van der Waals surface area contributed by atoms with E-state index in [1.165, 1.54) is 23.1 Å². The minimum absolute atomic E-state index is 0.0185. The van der Waals surface area contributed by atoms with Gasteiger partial charge in [-0.15, -0.1) is 0 Å². The van der Waals surface area contributed by atoms with Crippen molar-refractivity contribution in [3.05, 3.63) is 115 Å². The van der Waals surface area contributed by atoms with Crippen LogP contribution in [0.15, 0.2) is 71.5 Å². The van der Waals surface area contributed by atoms with Gasteiger partial charge in [0.05, 0.1) is 17.0 Å². The van der Waals surface area contributed by atoms with Gasteiger partial charge in [0.15, 0.2) is 0 Å². The Morgan fingerprint density at radius 2 is 1.73 bits per heavy atom. The number of hydrogen-bond donors (Lipinski definition) is 1. The third kappa shape index (κ3) is 4.39. The molecule has 1 N–H and O–H groups in total. The molecule has 0 spiro atoms. The maximum absolute atomic E-state index is 13.6. The number of fused-ring (bicyclic) bond motifs is 1. The Labute approximate surface area is 190 Å². The molecular formula is C26H23N3O4. The second-order valence-electron chi connectivity index (χ2n) is 8.15. The van der Waals surface area contributed by atoms with Crippen molar-refractivity contribution >= 4 is 28.2 Å². The number of pyridine rings is 1. The number of carbonyl (C=O) groups excluding carboxylic acids is 1. The van der Waals surface area contributed by atoms with Gasteiger partial charge in [-0.05, 0) is 55.5 Å². The van der Waals surface area contributed by atoms with E-state index in [-0.39, 0.29) is 23.4 Å². The molecule has 0 saturated carbocycles. The van der Waals surface area contributed by atoms with E-state index < -0.39 is 10.8 Å². The predicted molar refractivity (Wildman–Crippen MR) is 129 cm³/mol. The molecule has 7 heteroatoms. The number of H-pyrrole nitrogens is 1. The van der Waals surface area contributed by atoms with Crippen molar-refractivity contribution in [2.24, 2.45) is 0 Å². The summed E-state index contributed by atoms with van der Waals surface area (Å²) in [6, 6.07) is 18.8.